The topological polar surface area (TPSA) is 73.8 Å². The molecule has 6 nitrogen and oxygen atoms in total. The van der Waals surface area contributed by atoms with Gasteiger partial charge in [-0.05, 0) is 11.6 Å². The molecule has 0 aliphatic carbocycles. The highest BCUT2D eigenvalue weighted by molar-refractivity contribution is 9.10. The van der Waals surface area contributed by atoms with Crippen LogP contribution in [0.5, 0.6) is 0 Å². The SMILES string of the molecule is Cn1c(S)nnc1-c1c(-c2ccccc2)cc(Br)cc1[N+](=O)[O-]. The summed E-state index contributed by atoms with van der Waals surface area (Å²) in [4.78, 5) is 11.1. The first-order chi connectivity index (χ1) is 11.0. The molecule has 2 aromatic carbocycles. The van der Waals surface area contributed by atoms with E-state index in [2.05, 4.69) is 38.8 Å². The Morgan fingerprint density at radius 2 is 1.91 bits per heavy atom. The predicted octanol–water partition coefficient (Wildman–Crippen LogP) is 4.11. The van der Waals surface area contributed by atoms with E-state index in [1.165, 1.54) is 6.07 Å². The zero-order valence-electron chi connectivity index (χ0n) is 12.0. The first-order valence-corrected chi connectivity index (χ1v) is 7.85. The summed E-state index contributed by atoms with van der Waals surface area (Å²) < 4.78 is 2.24. The van der Waals surface area contributed by atoms with Crippen LogP contribution < -0.4 is 0 Å². The number of halogens is 1. The van der Waals surface area contributed by atoms with Crippen LogP contribution in [-0.4, -0.2) is 19.7 Å². The molecule has 0 bridgehead atoms. The molecule has 1 heterocycles. The fourth-order valence-electron chi connectivity index (χ4n) is 2.36. The van der Waals surface area contributed by atoms with Crippen molar-refractivity contribution in [2.24, 2.45) is 7.05 Å². The second kappa shape index (κ2) is 6.13. The molecule has 0 aliphatic rings. The van der Waals surface area contributed by atoms with Crippen molar-refractivity contribution < 1.29 is 4.92 Å². The smallest absolute Gasteiger partial charge is 0.282 e. The van der Waals surface area contributed by atoms with Gasteiger partial charge >= 0.3 is 0 Å². The molecule has 23 heavy (non-hydrogen) atoms. The molecule has 3 aromatic rings. The van der Waals surface area contributed by atoms with E-state index in [9.17, 15) is 10.1 Å². The fraction of sp³-hybridized carbons (Fsp3) is 0.0667. The van der Waals surface area contributed by atoms with Gasteiger partial charge in [-0.3, -0.25) is 10.1 Å². The minimum Gasteiger partial charge on any atom is -0.305 e. The Bertz CT molecular complexity index is 896. The summed E-state index contributed by atoms with van der Waals surface area (Å²) >= 11 is 7.55. The van der Waals surface area contributed by atoms with Crippen LogP contribution in [0.2, 0.25) is 0 Å². The van der Waals surface area contributed by atoms with Crippen LogP contribution in [0, 0.1) is 10.1 Å². The zero-order valence-corrected chi connectivity index (χ0v) is 14.5. The lowest BCUT2D eigenvalue weighted by Gasteiger charge is -2.11. The Morgan fingerprint density at radius 3 is 2.48 bits per heavy atom. The van der Waals surface area contributed by atoms with Crippen molar-refractivity contribution in [2.75, 3.05) is 0 Å². The van der Waals surface area contributed by atoms with E-state index >= 15 is 0 Å². The summed E-state index contributed by atoms with van der Waals surface area (Å²) in [6, 6.07) is 12.8. The molecule has 0 spiro atoms. The van der Waals surface area contributed by atoms with E-state index in [4.69, 9.17) is 0 Å². The average Bonchev–Trinajstić information content (AvgIpc) is 2.87. The largest absolute Gasteiger partial charge is 0.305 e. The Hall–Kier alpha value is -2.19. The van der Waals surface area contributed by atoms with Gasteiger partial charge in [-0.1, -0.05) is 46.3 Å². The van der Waals surface area contributed by atoms with Gasteiger partial charge in [-0.15, -0.1) is 22.8 Å². The molecular weight excluding hydrogens is 380 g/mol. The minimum absolute atomic E-state index is 0.0398. The second-order valence-corrected chi connectivity index (χ2v) is 6.17. The lowest BCUT2D eigenvalue weighted by atomic mass is 9.97. The van der Waals surface area contributed by atoms with Crippen molar-refractivity contribution in [1.29, 1.82) is 0 Å². The molecule has 3 rings (SSSR count). The maximum atomic E-state index is 11.6. The van der Waals surface area contributed by atoms with E-state index in [0.717, 1.165) is 5.56 Å². The van der Waals surface area contributed by atoms with E-state index in [1.807, 2.05) is 36.4 Å². The van der Waals surface area contributed by atoms with Crippen LogP contribution in [0.1, 0.15) is 0 Å². The Morgan fingerprint density at radius 1 is 1.22 bits per heavy atom. The van der Waals surface area contributed by atoms with Crippen LogP contribution in [0.4, 0.5) is 5.69 Å². The third-order valence-electron chi connectivity index (χ3n) is 3.44. The van der Waals surface area contributed by atoms with Gasteiger partial charge in [-0.25, -0.2) is 0 Å². The molecule has 0 fully saturated rings. The Balaban J connectivity index is 2.40. The molecule has 0 saturated heterocycles. The molecule has 0 radical (unpaired) electrons. The molecule has 0 atom stereocenters. The van der Waals surface area contributed by atoms with E-state index in [1.54, 1.807) is 11.6 Å². The Labute approximate surface area is 145 Å². The minimum atomic E-state index is -0.417. The third-order valence-corrected chi connectivity index (χ3v) is 4.29. The summed E-state index contributed by atoms with van der Waals surface area (Å²) in [5.74, 6) is 0.396. The standard InChI is InChI=1S/C15H11BrN4O2S/c1-19-14(17-18-15(19)23)13-11(9-5-3-2-4-6-9)7-10(16)8-12(13)20(21)22/h2-8H,1H3,(H,18,23). The molecule has 0 aliphatic heterocycles. The van der Waals surface area contributed by atoms with Crippen LogP contribution in [0.25, 0.3) is 22.5 Å². The average molecular weight is 391 g/mol. The first kappa shape index (κ1) is 15.7. The quantitative estimate of drug-likeness (QED) is 0.414. The van der Waals surface area contributed by atoms with Gasteiger partial charge in [0, 0.05) is 23.2 Å². The molecular formula is C15H11BrN4O2S. The summed E-state index contributed by atoms with van der Waals surface area (Å²) in [7, 11) is 1.72. The number of hydrogen-bond acceptors (Lipinski definition) is 5. The van der Waals surface area contributed by atoms with Gasteiger partial charge in [0.05, 0.1) is 4.92 Å². The van der Waals surface area contributed by atoms with Crippen molar-refractivity contribution in [1.82, 2.24) is 14.8 Å². The van der Waals surface area contributed by atoms with Crippen molar-refractivity contribution in [2.45, 2.75) is 5.16 Å². The van der Waals surface area contributed by atoms with Gasteiger partial charge in [0.2, 0.25) is 0 Å². The summed E-state index contributed by atoms with van der Waals surface area (Å²) in [6.07, 6.45) is 0. The number of thiol groups is 1. The number of nitrogens with zero attached hydrogens (tertiary/aromatic N) is 4. The number of nitro benzene ring substituents is 1. The van der Waals surface area contributed by atoms with E-state index in [0.29, 0.717) is 26.6 Å². The van der Waals surface area contributed by atoms with Crippen LogP contribution >= 0.6 is 28.6 Å². The lowest BCUT2D eigenvalue weighted by Crippen LogP contribution is -2.00. The van der Waals surface area contributed by atoms with E-state index in [-0.39, 0.29) is 5.69 Å². The van der Waals surface area contributed by atoms with Crippen molar-refractivity contribution in [3.8, 4) is 22.5 Å². The maximum absolute atomic E-state index is 11.6. The first-order valence-electron chi connectivity index (χ1n) is 6.61. The monoisotopic (exact) mass is 390 g/mol. The zero-order chi connectivity index (χ0) is 16.6. The number of aromatic nitrogens is 3. The highest BCUT2D eigenvalue weighted by Gasteiger charge is 2.25. The number of rotatable bonds is 3. The molecule has 1 aromatic heterocycles. The molecule has 0 amide bonds. The summed E-state index contributed by atoms with van der Waals surface area (Å²) in [5.41, 5.74) is 1.94. The lowest BCUT2D eigenvalue weighted by molar-refractivity contribution is -0.384. The van der Waals surface area contributed by atoms with Crippen LogP contribution in [-0.2, 0) is 7.05 Å². The maximum Gasteiger partial charge on any atom is 0.282 e. The van der Waals surface area contributed by atoms with Crippen molar-refractivity contribution in [3.63, 3.8) is 0 Å². The van der Waals surface area contributed by atoms with Gasteiger partial charge in [0.1, 0.15) is 5.56 Å². The normalized spacial score (nSPS) is 10.7. The van der Waals surface area contributed by atoms with Gasteiger partial charge in [0.25, 0.3) is 5.69 Å². The van der Waals surface area contributed by atoms with Crippen molar-refractivity contribution >= 4 is 34.2 Å². The third kappa shape index (κ3) is 2.87. The highest BCUT2D eigenvalue weighted by Crippen LogP contribution is 2.40. The summed E-state index contributed by atoms with van der Waals surface area (Å²) in [5, 5.41) is 19.9. The van der Waals surface area contributed by atoms with Gasteiger partial charge in [0.15, 0.2) is 11.0 Å². The van der Waals surface area contributed by atoms with E-state index < -0.39 is 4.92 Å². The molecule has 0 saturated carbocycles. The van der Waals surface area contributed by atoms with Crippen LogP contribution in [0.15, 0.2) is 52.1 Å². The number of hydrogen-bond donors (Lipinski definition) is 1. The molecule has 116 valence electrons. The fourth-order valence-corrected chi connectivity index (χ4v) is 2.94. The number of nitro groups is 1. The summed E-state index contributed by atoms with van der Waals surface area (Å²) in [6.45, 7) is 0. The molecule has 8 heteroatoms. The highest BCUT2D eigenvalue weighted by atomic mass is 79.9. The van der Waals surface area contributed by atoms with Crippen LogP contribution in [0.3, 0.4) is 0 Å². The van der Waals surface area contributed by atoms with Gasteiger partial charge in [-0.2, -0.15) is 0 Å². The Kier molecular flexibility index (Phi) is 4.18. The molecule has 0 N–H and O–H groups in total. The van der Waals surface area contributed by atoms with Gasteiger partial charge < -0.3 is 4.57 Å². The second-order valence-electron chi connectivity index (χ2n) is 4.85. The predicted molar refractivity (Wildman–Crippen MR) is 93.5 cm³/mol. The number of benzene rings is 2. The molecule has 0 unspecified atom stereocenters. The van der Waals surface area contributed by atoms with Crippen molar-refractivity contribution in [3.05, 3.63) is 57.1 Å².